The molecule has 11 nitrogen and oxygen atoms in total. The molecule has 1 fully saturated rings. The molecule has 11 heteroatoms. The monoisotopic (exact) mass is 436 g/mol. The number of carbonyl (C=O) groups excluding carboxylic acids is 1. The van der Waals surface area contributed by atoms with Crippen LogP contribution in [0, 0.1) is 0 Å². The zero-order chi connectivity index (χ0) is 22.7. The van der Waals surface area contributed by atoms with Crippen LogP contribution >= 0.6 is 0 Å². The van der Waals surface area contributed by atoms with Crippen molar-refractivity contribution in [1.82, 2.24) is 29.8 Å². The van der Waals surface area contributed by atoms with Crippen molar-refractivity contribution in [2.75, 3.05) is 44.5 Å². The van der Waals surface area contributed by atoms with Gasteiger partial charge in [0.1, 0.15) is 5.75 Å². The molecule has 32 heavy (non-hydrogen) atoms. The smallest absolute Gasteiger partial charge is 0.327 e. The van der Waals surface area contributed by atoms with Crippen molar-refractivity contribution in [3.8, 4) is 23.1 Å². The van der Waals surface area contributed by atoms with Crippen LogP contribution in [0.3, 0.4) is 0 Å². The van der Waals surface area contributed by atoms with Crippen LogP contribution in [0.15, 0.2) is 36.7 Å². The van der Waals surface area contributed by atoms with Crippen molar-refractivity contribution in [1.29, 1.82) is 0 Å². The topological polar surface area (TPSA) is 132 Å². The molecule has 1 amide bonds. The van der Waals surface area contributed by atoms with Crippen LogP contribution in [-0.2, 0) is 4.74 Å². The van der Waals surface area contributed by atoms with Gasteiger partial charge in [-0.2, -0.15) is 15.0 Å². The summed E-state index contributed by atoms with van der Waals surface area (Å²) in [6.07, 6.45) is 3.10. The van der Waals surface area contributed by atoms with E-state index in [0.717, 1.165) is 0 Å². The van der Waals surface area contributed by atoms with E-state index in [4.69, 9.17) is 15.2 Å². The maximum absolute atomic E-state index is 12.1. The number of hydrogen-bond donors (Lipinski definition) is 1. The van der Waals surface area contributed by atoms with E-state index < -0.39 is 0 Å². The highest BCUT2D eigenvalue weighted by Gasteiger charge is 2.24. The molecule has 1 aliphatic heterocycles. The Morgan fingerprint density at radius 1 is 1.16 bits per heavy atom. The summed E-state index contributed by atoms with van der Waals surface area (Å²) in [6, 6.07) is 6.99. The first-order chi connectivity index (χ1) is 15.4. The fourth-order valence-electron chi connectivity index (χ4n) is 3.16. The number of anilines is 2. The number of benzene rings is 1. The van der Waals surface area contributed by atoms with E-state index >= 15 is 0 Å². The highest BCUT2D eigenvalue weighted by Crippen LogP contribution is 2.25. The number of morpholine rings is 1. The van der Waals surface area contributed by atoms with Gasteiger partial charge in [0.05, 0.1) is 24.8 Å². The Bertz CT molecular complexity index is 1090. The fourth-order valence-corrected chi connectivity index (χ4v) is 3.16. The Morgan fingerprint density at radius 2 is 1.88 bits per heavy atom. The maximum Gasteiger partial charge on any atom is 0.327 e. The molecule has 1 atom stereocenters. The standard InChI is InChI=1S/C21H24N8O3/c1-13-12-31-9-8-29(13)20-25-17(15-10-23-19(22)24-11-15)26-21(27-20)32-16-6-4-14(5-7-16)18(30)28(2)3/h4-7,10-11,13H,8-9,12H2,1-3H3,(H2,22,23,24). The number of nitrogens with two attached hydrogens (primary N) is 1. The number of nitrogens with zero attached hydrogens (tertiary/aromatic N) is 7. The number of nitrogen functional groups attached to an aromatic ring is 1. The number of aromatic nitrogens is 5. The molecule has 0 bridgehead atoms. The summed E-state index contributed by atoms with van der Waals surface area (Å²) >= 11 is 0. The third-order valence-electron chi connectivity index (χ3n) is 4.87. The predicted octanol–water partition coefficient (Wildman–Crippen LogP) is 1.63. The van der Waals surface area contributed by atoms with Gasteiger partial charge in [-0.15, -0.1) is 0 Å². The fraction of sp³-hybridized carbons (Fsp3) is 0.333. The van der Waals surface area contributed by atoms with Gasteiger partial charge in [0, 0.05) is 38.6 Å². The summed E-state index contributed by atoms with van der Waals surface area (Å²) in [6.45, 7) is 3.83. The van der Waals surface area contributed by atoms with Gasteiger partial charge in [-0.25, -0.2) is 9.97 Å². The lowest BCUT2D eigenvalue weighted by Crippen LogP contribution is -2.44. The van der Waals surface area contributed by atoms with Gasteiger partial charge in [0.25, 0.3) is 5.91 Å². The molecule has 0 radical (unpaired) electrons. The summed E-state index contributed by atoms with van der Waals surface area (Å²) in [5.74, 6) is 1.40. The van der Waals surface area contributed by atoms with Crippen molar-refractivity contribution in [3.63, 3.8) is 0 Å². The number of ether oxygens (including phenoxy) is 2. The number of amides is 1. The zero-order valence-corrected chi connectivity index (χ0v) is 18.1. The third kappa shape index (κ3) is 4.72. The lowest BCUT2D eigenvalue weighted by molar-refractivity contribution is 0.0827. The minimum atomic E-state index is -0.0917. The molecule has 166 valence electrons. The van der Waals surface area contributed by atoms with Crippen LogP contribution in [0.4, 0.5) is 11.9 Å². The molecule has 1 saturated heterocycles. The Morgan fingerprint density at radius 3 is 2.53 bits per heavy atom. The van der Waals surface area contributed by atoms with Gasteiger partial charge < -0.3 is 25.0 Å². The number of rotatable bonds is 5. The van der Waals surface area contributed by atoms with Crippen LogP contribution in [0.25, 0.3) is 11.4 Å². The zero-order valence-electron chi connectivity index (χ0n) is 18.1. The van der Waals surface area contributed by atoms with E-state index in [1.165, 1.54) is 4.90 Å². The average Bonchev–Trinajstić information content (AvgIpc) is 2.79. The molecule has 2 N–H and O–H groups in total. The first-order valence-corrected chi connectivity index (χ1v) is 10.1. The van der Waals surface area contributed by atoms with E-state index in [1.807, 2.05) is 11.8 Å². The molecule has 0 spiro atoms. The molecular formula is C21H24N8O3. The molecular weight excluding hydrogens is 412 g/mol. The molecule has 0 saturated carbocycles. The molecule has 1 aromatic carbocycles. The van der Waals surface area contributed by atoms with Gasteiger partial charge in [-0.3, -0.25) is 4.79 Å². The first-order valence-electron chi connectivity index (χ1n) is 10.1. The lowest BCUT2D eigenvalue weighted by atomic mass is 10.2. The Labute approximate surface area is 185 Å². The second kappa shape index (κ2) is 9.10. The van der Waals surface area contributed by atoms with E-state index in [1.54, 1.807) is 50.8 Å². The summed E-state index contributed by atoms with van der Waals surface area (Å²) in [7, 11) is 3.41. The van der Waals surface area contributed by atoms with Crippen molar-refractivity contribution in [3.05, 3.63) is 42.2 Å². The average molecular weight is 436 g/mol. The largest absolute Gasteiger partial charge is 0.424 e. The van der Waals surface area contributed by atoms with Gasteiger partial charge in [0.2, 0.25) is 11.9 Å². The summed E-state index contributed by atoms with van der Waals surface area (Å²) in [4.78, 5) is 37.3. The Balaban J connectivity index is 1.67. The Hall–Kier alpha value is -3.86. The second-order valence-corrected chi connectivity index (χ2v) is 7.51. The van der Waals surface area contributed by atoms with E-state index in [2.05, 4.69) is 24.9 Å². The van der Waals surface area contributed by atoms with Crippen LogP contribution < -0.4 is 15.4 Å². The predicted molar refractivity (Wildman–Crippen MR) is 117 cm³/mol. The number of carbonyl (C=O) groups is 1. The molecule has 3 aromatic rings. The first kappa shape index (κ1) is 21.4. The summed E-state index contributed by atoms with van der Waals surface area (Å²) in [5.41, 5.74) is 6.74. The van der Waals surface area contributed by atoms with Gasteiger partial charge in [-0.1, -0.05) is 0 Å². The summed E-state index contributed by atoms with van der Waals surface area (Å²) in [5, 5.41) is 0. The highest BCUT2D eigenvalue weighted by molar-refractivity contribution is 5.93. The van der Waals surface area contributed by atoms with Crippen LogP contribution in [-0.4, -0.2) is 75.6 Å². The maximum atomic E-state index is 12.1. The van der Waals surface area contributed by atoms with Crippen LogP contribution in [0.1, 0.15) is 17.3 Å². The number of hydrogen-bond acceptors (Lipinski definition) is 10. The minimum absolute atomic E-state index is 0.0887. The summed E-state index contributed by atoms with van der Waals surface area (Å²) < 4.78 is 11.4. The molecule has 3 heterocycles. The van der Waals surface area contributed by atoms with Crippen molar-refractivity contribution < 1.29 is 14.3 Å². The van der Waals surface area contributed by atoms with E-state index in [9.17, 15) is 4.79 Å². The normalized spacial score (nSPS) is 16.0. The van der Waals surface area contributed by atoms with Crippen molar-refractivity contribution in [2.45, 2.75) is 13.0 Å². The molecule has 2 aromatic heterocycles. The molecule has 4 rings (SSSR count). The molecule has 1 aliphatic rings. The third-order valence-corrected chi connectivity index (χ3v) is 4.87. The van der Waals surface area contributed by atoms with Crippen LogP contribution in [0.2, 0.25) is 0 Å². The SMILES string of the molecule is CC1COCCN1c1nc(Oc2ccc(C(=O)N(C)C)cc2)nc(-c2cnc(N)nc2)n1. The lowest BCUT2D eigenvalue weighted by Gasteiger charge is -2.33. The van der Waals surface area contributed by atoms with E-state index in [0.29, 0.717) is 48.4 Å². The van der Waals surface area contributed by atoms with Gasteiger partial charge in [0.15, 0.2) is 5.82 Å². The van der Waals surface area contributed by atoms with Crippen molar-refractivity contribution in [2.24, 2.45) is 0 Å². The van der Waals surface area contributed by atoms with Crippen molar-refractivity contribution >= 4 is 17.8 Å². The Kier molecular flexibility index (Phi) is 6.08. The van der Waals surface area contributed by atoms with E-state index in [-0.39, 0.29) is 23.9 Å². The van der Waals surface area contributed by atoms with Gasteiger partial charge >= 0.3 is 6.01 Å². The molecule has 1 unspecified atom stereocenters. The highest BCUT2D eigenvalue weighted by atomic mass is 16.5. The second-order valence-electron chi connectivity index (χ2n) is 7.51. The van der Waals surface area contributed by atoms with Crippen LogP contribution in [0.5, 0.6) is 11.8 Å². The van der Waals surface area contributed by atoms with Gasteiger partial charge in [-0.05, 0) is 31.2 Å². The minimum Gasteiger partial charge on any atom is -0.424 e. The molecule has 0 aliphatic carbocycles. The quantitative estimate of drug-likeness (QED) is 0.629.